The summed E-state index contributed by atoms with van der Waals surface area (Å²) in [6, 6.07) is 1.94. The average molecular weight is 322 g/mol. The molecule has 0 aromatic carbocycles. The van der Waals surface area contributed by atoms with E-state index >= 15 is 0 Å². The van der Waals surface area contributed by atoms with Crippen LogP contribution in [0.1, 0.15) is 12.0 Å². The van der Waals surface area contributed by atoms with Gasteiger partial charge >= 0.3 is 0 Å². The Balaban J connectivity index is 2.29. The maximum Gasteiger partial charge on any atom is 0.208 e. The predicted octanol–water partition coefficient (Wildman–Crippen LogP) is 1.50. The van der Waals surface area contributed by atoms with Crippen molar-refractivity contribution in [3.63, 3.8) is 0 Å². The van der Waals surface area contributed by atoms with Crippen LogP contribution < -0.4 is 10.0 Å². The fourth-order valence-electron chi connectivity index (χ4n) is 1.20. The van der Waals surface area contributed by atoms with Crippen molar-refractivity contribution in [2.45, 2.75) is 13.3 Å². The van der Waals surface area contributed by atoms with Gasteiger partial charge in [-0.05, 0) is 40.9 Å². The van der Waals surface area contributed by atoms with Gasteiger partial charge in [0.1, 0.15) is 5.82 Å². The minimum absolute atomic E-state index is 0.432. The van der Waals surface area contributed by atoms with Gasteiger partial charge in [0.05, 0.1) is 6.26 Å². The molecule has 96 valence electrons. The van der Waals surface area contributed by atoms with Gasteiger partial charge in [-0.2, -0.15) is 0 Å². The third-order valence-electron chi connectivity index (χ3n) is 2.07. The lowest BCUT2D eigenvalue weighted by atomic mass is 10.3. The smallest absolute Gasteiger partial charge is 0.208 e. The zero-order valence-corrected chi connectivity index (χ0v) is 12.2. The number of halogens is 1. The van der Waals surface area contributed by atoms with Gasteiger partial charge < -0.3 is 5.32 Å². The van der Waals surface area contributed by atoms with Crippen LogP contribution in [0, 0.1) is 6.92 Å². The summed E-state index contributed by atoms with van der Waals surface area (Å²) in [4.78, 5) is 4.19. The number of sulfonamides is 1. The summed E-state index contributed by atoms with van der Waals surface area (Å²) >= 11 is 3.38. The van der Waals surface area contributed by atoms with E-state index in [-0.39, 0.29) is 0 Å². The predicted molar refractivity (Wildman–Crippen MR) is 72.6 cm³/mol. The van der Waals surface area contributed by atoms with Crippen molar-refractivity contribution in [1.82, 2.24) is 9.71 Å². The number of anilines is 1. The van der Waals surface area contributed by atoms with E-state index < -0.39 is 10.0 Å². The largest absolute Gasteiger partial charge is 0.370 e. The maximum atomic E-state index is 10.8. The summed E-state index contributed by atoms with van der Waals surface area (Å²) in [5, 5.41) is 3.13. The zero-order valence-electron chi connectivity index (χ0n) is 9.83. The second kappa shape index (κ2) is 6.32. The third-order valence-corrected chi connectivity index (χ3v) is 3.63. The van der Waals surface area contributed by atoms with Crippen molar-refractivity contribution in [3.8, 4) is 0 Å². The molecule has 0 aliphatic heterocycles. The molecule has 7 heteroatoms. The number of pyridine rings is 1. The van der Waals surface area contributed by atoms with E-state index in [2.05, 4.69) is 31.0 Å². The number of aryl methyl sites for hydroxylation is 1. The molecule has 1 aromatic heterocycles. The molecule has 5 nitrogen and oxygen atoms in total. The van der Waals surface area contributed by atoms with Gasteiger partial charge in [-0.15, -0.1) is 0 Å². The van der Waals surface area contributed by atoms with Gasteiger partial charge in [-0.25, -0.2) is 18.1 Å². The zero-order chi connectivity index (χ0) is 12.9. The molecule has 0 bridgehead atoms. The number of hydrogen-bond acceptors (Lipinski definition) is 4. The Labute approximate surface area is 110 Å². The number of nitrogens with one attached hydrogen (secondary N) is 2. The van der Waals surface area contributed by atoms with Crippen molar-refractivity contribution in [1.29, 1.82) is 0 Å². The molecule has 0 saturated heterocycles. The van der Waals surface area contributed by atoms with Gasteiger partial charge in [0.25, 0.3) is 0 Å². The summed E-state index contributed by atoms with van der Waals surface area (Å²) in [7, 11) is -3.08. The highest BCUT2D eigenvalue weighted by Crippen LogP contribution is 2.16. The van der Waals surface area contributed by atoms with Crippen LogP contribution in [0.3, 0.4) is 0 Å². The second-order valence-corrected chi connectivity index (χ2v) is 6.45. The molecular weight excluding hydrogens is 306 g/mol. The van der Waals surface area contributed by atoms with Crippen molar-refractivity contribution >= 4 is 31.8 Å². The van der Waals surface area contributed by atoms with E-state index in [1.807, 2.05) is 13.0 Å². The fraction of sp³-hybridized carbons (Fsp3) is 0.500. The monoisotopic (exact) mass is 321 g/mol. The Hall–Kier alpha value is -0.660. The van der Waals surface area contributed by atoms with E-state index in [1.165, 1.54) is 0 Å². The number of aromatic nitrogens is 1. The van der Waals surface area contributed by atoms with Crippen molar-refractivity contribution in [2.75, 3.05) is 24.7 Å². The van der Waals surface area contributed by atoms with Crippen LogP contribution in [0.5, 0.6) is 0 Å². The molecule has 0 amide bonds. The molecule has 0 aliphatic rings. The van der Waals surface area contributed by atoms with Gasteiger partial charge in [0.15, 0.2) is 0 Å². The third kappa shape index (κ3) is 5.99. The Kier molecular flexibility index (Phi) is 5.35. The van der Waals surface area contributed by atoms with Crippen molar-refractivity contribution < 1.29 is 8.42 Å². The first-order valence-corrected chi connectivity index (χ1v) is 7.87. The van der Waals surface area contributed by atoms with E-state index in [1.54, 1.807) is 6.20 Å². The fourth-order valence-corrected chi connectivity index (χ4v) is 1.93. The molecule has 0 radical (unpaired) electrons. The highest BCUT2D eigenvalue weighted by atomic mass is 79.9. The molecule has 1 rings (SSSR count). The number of nitrogens with zero attached hydrogens (tertiary/aromatic N) is 1. The summed E-state index contributed by atoms with van der Waals surface area (Å²) < 4.78 is 25.0. The minimum Gasteiger partial charge on any atom is -0.370 e. The Bertz CT molecular complexity index is 476. The highest BCUT2D eigenvalue weighted by Gasteiger charge is 2.00. The van der Waals surface area contributed by atoms with Crippen LogP contribution >= 0.6 is 15.9 Å². The van der Waals surface area contributed by atoms with Crippen molar-refractivity contribution in [3.05, 3.63) is 22.3 Å². The normalized spacial score (nSPS) is 11.5. The molecular formula is C10H16BrN3O2S. The number of hydrogen-bond donors (Lipinski definition) is 2. The van der Waals surface area contributed by atoms with Gasteiger partial charge in [-0.3, -0.25) is 0 Å². The van der Waals surface area contributed by atoms with Crippen LogP contribution in [-0.4, -0.2) is 32.7 Å². The molecule has 1 heterocycles. The second-order valence-electron chi connectivity index (χ2n) is 3.77. The molecule has 1 aromatic rings. The topological polar surface area (TPSA) is 71.1 Å². The van der Waals surface area contributed by atoms with E-state index in [0.717, 1.165) is 22.1 Å². The van der Waals surface area contributed by atoms with E-state index in [0.29, 0.717) is 19.5 Å². The Morgan fingerprint density at radius 2 is 2.12 bits per heavy atom. The van der Waals surface area contributed by atoms with Crippen LogP contribution in [0.2, 0.25) is 0 Å². The first kappa shape index (κ1) is 14.4. The van der Waals surface area contributed by atoms with Crippen LogP contribution in [0.15, 0.2) is 16.7 Å². The molecule has 0 saturated carbocycles. The first-order chi connectivity index (χ1) is 7.88. The molecule has 2 N–H and O–H groups in total. The quantitative estimate of drug-likeness (QED) is 0.779. The summed E-state index contributed by atoms with van der Waals surface area (Å²) in [5.41, 5.74) is 1.11. The first-order valence-electron chi connectivity index (χ1n) is 5.19. The molecule has 0 spiro atoms. The maximum absolute atomic E-state index is 10.8. The molecule has 0 atom stereocenters. The van der Waals surface area contributed by atoms with Crippen LogP contribution in [0.25, 0.3) is 0 Å². The molecule has 0 aliphatic carbocycles. The Morgan fingerprint density at radius 1 is 1.41 bits per heavy atom. The van der Waals surface area contributed by atoms with Gasteiger partial charge in [0.2, 0.25) is 10.0 Å². The summed E-state index contributed by atoms with van der Waals surface area (Å²) in [5.74, 6) is 0.796. The van der Waals surface area contributed by atoms with Gasteiger partial charge in [-0.1, -0.05) is 0 Å². The van der Waals surface area contributed by atoms with Crippen molar-refractivity contribution in [2.24, 2.45) is 0 Å². The highest BCUT2D eigenvalue weighted by molar-refractivity contribution is 9.10. The number of rotatable bonds is 6. The molecule has 17 heavy (non-hydrogen) atoms. The minimum atomic E-state index is -3.08. The molecule has 0 fully saturated rings. The van der Waals surface area contributed by atoms with Crippen LogP contribution in [-0.2, 0) is 10.0 Å². The SMILES string of the molecule is Cc1cc(NCCCNS(C)(=O)=O)ncc1Br. The lowest BCUT2D eigenvalue weighted by Gasteiger charge is -2.07. The average Bonchev–Trinajstić information content (AvgIpc) is 2.21. The van der Waals surface area contributed by atoms with Crippen LogP contribution in [0.4, 0.5) is 5.82 Å². The summed E-state index contributed by atoms with van der Waals surface area (Å²) in [6.45, 7) is 3.10. The van der Waals surface area contributed by atoms with E-state index in [4.69, 9.17) is 0 Å². The summed E-state index contributed by atoms with van der Waals surface area (Å²) in [6.07, 6.45) is 3.61. The lowest BCUT2D eigenvalue weighted by Crippen LogP contribution is -2.24. The van der Waals surface area contributed by atoms with Gasteiger partial charge in [0, 0.05) is 23.8 Å². The standard InChI is InChI=1S/C10H16BrN3O2S/c1-8-6-10(13-7-9(8)11)12-4-3-5-14-17(2,15)16/h6-7,14H,3-5H2,1-2H3,(H,12,13). The Morgan fingerprint density at radius 3 is 2.71 bits per heavy atom. The molecule has 0 unspecified atom stereocenters. The van der Waals surface area contributed by atoms with E-state index in [9.17, 15) is 8.42 Å². The lowest BCUT2D eigenvalue weighted by molar-refractivity contribution is 0.586.